The Morgan fingerprint density at radius 3 is 2.11 bits per heavy atom. The first kappa shape index (κ1) is 15.6. The van der Waals surface area contributed by atoms with E-state index < -0.39 is 0 Å². The second-order valence-electron chi connectivity index (χ2n) is 4.44. The summed E-state index contributed by atoms with van der Waals surface area (Å²) in [4.78, 5) is 0. The highest BCUT2D eigenvalue weighted by molar-refractivity contribution is 5.53. The van der Waals surface area contributed by atoms with Crippen LogP contribution in [-0.2, 0) is 6.54 Å². The van der Waals surface area contributed by atoms with Crippen LogP contribution in [0.3, 0.4) is 0 Å². The van der Waals surface area contributed by atoms with Gasteiger partial charge in [0.2, 0.25) is 5.75 Å². The van der Waals surface area contributed by atoms with Crippen molar-refractivity contribution in [2.24, 2.45) is 5.73 Å². The Bertz CT molecular complexity index is 355. The molecule has 0 bridgehead atoms. The van der Waals surface area contributed by atoms with E-state index in [1.54, 1.807) is 14.2 Å². The van der Waals surface area contributed by atoms with Gasteiger partial charge in [0.05, 0.1) is 20.8 Å². The predicted octanol–water partition coefficient (Wildman–Crippen LogP) is 3.12. The number of rotatable bonds is 9. The zero-order chi connectivity index (χ0) is 14.1. The van der Waals surface area contributed by atoms with E-state index in [9.17, 15) is 0 Å². The molecule has 0 aliphatic rings. The highest BCUT2D eigenvalue weighted by Gasteiger charge is 2.13. The van der Waals surface area contributed by atoms with Crippen LogP contribution in [0.5, 0.6) is 17.2 Å². The Hall–Kier alpha value is -1.42. The maximum absolute atomic E-state index is 5.81. The smallest absolute Gasteiger partial charge is 0.203 e. The topological polar surface area (TPSA) is 53.7 Å². The molecule has 0 saturated carbocycles. The van der Waals surface area contributed by atoms with Gasteiger partial charge in [0.15, 0.2) is 11.5 Å². The van der Waals surface area contributed by atoms with Gasteiger partial charge in [-0.15, -0.1) is 0 Å². The third-order valence-corrected chi connectivity index (χ3v) is 3.00. The Morgan fingerprint density at radius 2 is 1.63 bits per heavy atom. The highest BCUT2D eigenvalue weighted by Crippen LogP contribution is 2.38. The monoisotopic (exact) mass is 267 g/mol. The van der Waals surface area contributed by atoms with Crippen molar-refractivity contribution < 1.29 is 14.2 Å². The molecule has 19 heavy (non-hydrogen) atoms. The molecule has 2 N–H and O–H groups in total. The number of nitrogens with two attached hydrogens (primary N) is 1. The van der Waals surface area contributed by atoms with Crippen molar-refractivity contribution in [3.05, 3.63) is 17.7 Å². The normalized spacial score (nSPS) is 10.3. The zero-order valence-electron chi connectivity index (χ0n) is 12.2. The molecule has 1 aromatic carbocycles. The molecule has 0 fully saturated rings. The largest absolute Gasteiger partial charge is 0.493 e. The standard InChI is InChI=1S/C15H25NO3/c1-4-5-6-7-8-19-15-13(17-2)9-12(11-16)10-14(15)18-3/h9-10H,4-8,11,16H2,1-3H3. The highest BCUT2D eigenvalue weighted by atomic mass is 16.5. The van der Waals surface area contributed by atoms with E-state index in [1.165, 1.54) is 19.3 Å². The Balaban J connectivity index is 2.73. The summed E-state index contributed by atoms with van der Waals surface area (Å²) >= 11 is 0. The van der Waals surface area contributed by atoms with Crippen LogP contribution >= 0.6 is 0 Å². The summed E-state index contributed by atoms with van der Waals surface area (Å²) in [5.74, 6) is 2.02. The summed E-state index contributed by atoms with van der Waals surface area (Å²) in [7, 11) is 3.25. The minimum atomic E-state index is 0.448. The second kappa shape index (κ2) is 8.64. The summed E-state index contributed by atoms with van der Waals surface area (Å²) in [5.41, 5.74) is 6.61. The number of hydrogen-bond acceptors (Lipinski definition) is 4. The first-order valence-electron chi connectivity index (χ1n) is 6.84. The molecular weight excluding hydrogens is 242 g/mol. The molecule has 4 heteroatoms. The number of methoxy groups -OCH3 is 2. The van der Waals surface area contributed by atoms with Crippen LogP contribution in [0.2, 0.25) is 0 Å². The number of hydrogen-bond donors (Lipinski definition) is 1. The third kappa shape index (κ3) is 4.63. The lowest BCUT2D eigenvalue weighted by Crippen LogP contribution is -2.04. The van der Waals surface area contributed by atoms with Gasteiger partial charge >= 0.3 is 0 Å². The van der Waals surface area contributed by atoms with Crippen LogP contribution in [0.15, 0.2) is 12.1 Å². The van der Waals surface area contributed by atoms with Crippen LogP contribution in [-0.4, -0.2) is 20.8 Å². The fraction of sp³-hybridized carbons (Fsp3) is 0.600. The van der Waals surface area contributed by atoms with Gasteiger partial charge in [-0.25, -0.2) is 0 Å². The summed E-state index contributed by atoms with van der Waals surface area (Å²) in [5, 5.41) is 0. The lowest BCUT2D eigenvalue weighted by atomic mass is 10.2. The van der Waals surface area contributed by atoms with E-state index in [0.29, 0.717) is 30.4 Å². The van der Waals surface area contributed by atoms with Gasteiger partial charge in [-0.2, -0.15) is 0 Å². The van der Waals surface area contributed by atoms with Gasteiger partial charge in [-0.3, -0.25) is 0 Å². The van der Waals surface area contributed by atoms with Crippen molar-refractivity contribution in [3.8, 4) is 17.2 Å². The minimum Gasteiger partial charge on any atom is -0.493 e. The van der Waals surface area contributed by atoms with Gasteiger partial charge in [-0.05, 0) is 24.1 Å². The molecule has 0 radical (unpaired) electrons. The maximum atomic E-state index is 5.81. The summed E-state index contributed by atoms with van der Waals surface area (Å²) in [6, 6.07) is 3.79. The van der Waals surface area contributed by atoms with Gasteiger partial charge < -0.3 is 19.9 Å². The fourth-order valence-electron chi connectivity index (χ4n) is 1.90. The van der Waals surface area contributed by atoms with Crippen molar-refractivity contribution in [2.75, 3.05) is 20.8 Å². The molecule has 0 atom stereocenters. The number of ether oxygens (including phenoxy) is 3. The van der Waals surface area contributed by atoms with Gasteiger partial charge in [0.25, 0.3) is 0 Å². The molecule has 1 rings (SSSR count). The second-order valence-corrected chi connectivity index (χ2v) is 4.44. The van der Waals surface area contributed by atoms with Crippen molar-refractivity contribution in [2.45, 2.75) is 39.2 Å². The number of benzene rings is 1. The molecule has 0 saturated heterocycles. The van der Waals surface area contributed by atoms with Crippen molar-refractivity contribution >= 4 is 0 Å². The van der Waals surface area contributed by atoms with E-state index in [2.05, 4.69) is 6.92 Å². The molecule has 108 valence electrons. The van der Waals surface area contributed by atoms with Crippen LogP contribution in [0.25, 0.3) is 0 Å². The van der Waals surface area contributed by atoms with Gasteiger partial charge in [-0.1, -0.05) is 26.2 Å². The summed E-state index contributed by atoms with van der Waals surface area (Å²) in [6.07, 6.45) is 4.68. The molecule has 0 heterocycles. The van der Waals surface area contributed by atoms with E-state index in [1.807, 2.05) is 12.1 Å². The van der Waals surface area contributed by atoms with Crippen molar-refractivity contribution in [1.29, 1.82) is 0 Å². The average molecular weight is 267 g/mol. The molecular formula is C15H25NO3. The SMILES string of the molecule is CCCCCCOc1c(OC)cc(CN)cc1OC. The van der Waals surface area contributed by atoms with Gasteiger partial charge in [0, 0.05) is 6.54 Å². The van der Waals surface area contributed by atoms with Crippen molar-refractivity contribution in [1.82, 2.24) is 0 Å². The average Bonchev–Trinajstić information content (AvgIpc) is 2.46. The predicted molar refractivity (Wildman–Crippen MR) is 77.1 cm³/mol. The van der Waals surface area contributed by atoms with E-state index in [4.69, 9.17) is 19.9 Å². The molecule has 0 amide bonds. The lowest BCUT2D eigenvalue weighted by Gasteiger charge is -2.15. The lowest BCUT2D eigenvalue weighted by molar-refractivity contribution is 0.267. The van der Waals surface area contributed by atoms with Crippen LogP contribution < -0.4 is 19.9 Å². The maximum Gasteiger partial charge on any atom is 0.203 e. The Morgan fingerprint density at radius 1 is 1.00 bits per heavy atom. The third-order valence-electron chi connectivity index (χ3n) is 3.00. The van der Waals surface area contributed by atoms with Crippen LogP contribution in [0.4, 0.5) is 0 Å². The first-order valence-corrected chi connectivity index (χ1v) is 6.84. The van der Waals surface area contributed by atoms with Crippen LogP contribution in [0, 0.1) is 0 Å². The molecule has 0 spiro atoms. The van der Waals surface area contributed by atoms with Gasteiger partial charge in [0.1, 0.15) is 0 Å². The van der Waals surface area contributed by atoms with E-state index in [-0.39, 0.29) is 0 Å². The Kier molecular flexibility index (Phi) is 7.11. The molecule has 0 aliphatic heterocycles. The van der Waals surface area contributed by atoms with E-state index >= 15 is 0 Å². The quantitative estimate of drug-likeness (QED) is 0.698. The van der Waals surface area contributed by atoms with E-state index in [0.717, 1.165) is 12.0 Å². The number of unbranched alkanes of at least 4 members (excludes halogenated alkanes) is 3. The zero-order valence-corrected chi connectivity index (χ0v) is 12.2. The molecule has 4 nitrogen and oxygen atoms in total. The fourth-order valence-corrected chi connectivity index (χ4v) is 1.90. The van der Waals surface area contributed by atoms with Crippen LogP contribution in [0.1, 0.15) is 38.2 Å². The first-order chi connectivity index (χ1) is 9.26. The van der Waals surface area contributed by atoms with Crippen molar-refractivity contribution in [3.63, 3.8) is 0 Å². The molecule has 0 unspecified atom stereocenters. The Labute approximate surface area is 115 Å². The summed E-state index contributed by atoms with van der Waals surface area (Å²) in [6.45, 7) is 3.32. The summed E-state index contributed by atoms with van der Waals surface area (Å²) < 4.78 is 16.5. The molecule has 1 aromatic rings. The molecule has 0 aliphatic carbocycles. The minimum absolute atomic E-state index is 0.448. The molecule has 0 aromatic heterocycles.